The van der Waals surface area contributed by atoms with Crippen molar-refractivity contribution in [3.63, 3.8) is 0 Å². The highest BCUT2D eigenvalue weighted by Crippen LogP contribution is 2.17. The van der Waals surface area contributed by atoms with Crippen LogP contribution in [0, 0.1) is 6.92 Å². The number of nitrogens with one attached hydrogen (secondary N) is 1. The number of benzene rings is 1. The zero-order chi connectivity index (χ0) is 17.0. The third kappa shape index (κ3) is 5.44. The van der Waals surface area contributed by atoms with Gasteiger partial charge in [0.05, 0.1) is 22.3 Å². The summed E-state index contributed by atoms with van der Waals surface area (Å²) in [6.45, 7) is 7.49. The Kier molecular flexibility index (Phi) is 5.55. The van der Waals surface area contributed by atoms with Crippen molar-refractivity contribution < 1.29 is 9.90 Å². The molecule has 5 heteroatoms. The highest BCUT2D eigenvalue weighted by molar-refractivity contribution is 7.09. The molecule has 0 saturated carbocycles. The lowest BCUT2D eigenvalue weighted by Crippen LogP contribution is -2.26. The number of hydrogen-bond donors (Lipinski definition) is 2. The fraction of sp³-hybridized carbons (Fsp3) is 0.444. The fourth-order valence-corrected chi connectivity index (χ4v) is 2.91. The van der Waals surface area contributed by atoms with Crippen LogP contribution in [0.15, 0.2) is 29.6 Å². The summed E-state index contributed by atoms with van der Waals surface area (Å²) in [5, 5.41) is 15.7. The number of carbonyl (C=O) groups excluding carboxylic acids is 1. The molecule has 0 aliphatic rings. The van der Waals surface area contributed by atoms with E-state index in [0.717, 1.165) is 22.7 Å². The van der Waals surface area contributed by atoms with Crippen LogP contribution in [0.2, 0.25) is 0 Å². The van der Waals surface area contributed by atoms with Gasteiger partial charge in [0.2, 0.25) is 0 Å². The number of thiazole rings is 1. The van der Waals surface area contributed by atoms with E-state index in [1.165, 1.54) is 0 Å². The van der Waals surface area contributed by atoms with Gasteiger partial charge in [-0.3, -0.25) is 4.79 Å². The SMILES string of the molecule is Cc1nc(C(C)NC(=O)c2ccc(CCC(C)(C)O)cc2)cs1. The van der Waals surface area contributed by atoms with Gasteiger partial charge in [0.1, 0.15) is 0 Å². The standard InChI is InChI=1S/C18H24N2O2S/c1-12(16-11-23-13(2)20-16)19-17(21)15-7-5-14(6-8-15)9-10-18(3,4)22/h5-8,11-12,22H,9-10H2,1-4H3,(H,19,21). The van der Waals surface area contributed by atoms with Crippen LogP contribution in [0.5, 0.6) is 0 Å². The second-order valence-corrected chi connectivity index (χ2v) is 7.56. The molecular formula is C18H24N2O2S. The predicted octanol–water partition coefficient (Wildman–Crippen LogP) is 3.65. The minimum absolute atomic E-state index is 0.0998. The largest absolute Gasteiger partial charge is 0.390 e. The maximum atomic E-state index is 12.3. The topological polar surface area (TPSA) is 62.2 Å². The van der Waals surface area contributed by atoms with Crippen LogP contribution < -0.4 is 5.32 Å². The minimum atomic E-state index is -0.669. The van der Waals surface area contributed by atoms with Crippen molar-refractivity contribution in [2.24, 2.45) is 0 Å². The lowest BCUT2D eigenvalue weighted by molar-refractivity contribution is 0.0713. The first-order valence-electron chi connectivity index (χ1n) is 7.79. The summed E-state index contributed by atoms with van der Waals surface area (Å²) in [5.41, 5.74) is 1.97. The number of aliphatic hydroxyl groups is 1. The van der Waals surface area contributed by atoms with Crippen LogP contribution in [0.25, 0.3) is 0 Å². The van der Waals surface area contributed by atoms with Gasteiger partial charge in [0.25, 0.3) is 5.91 Å². The smallest absolute Gasteiger partial charge is 0.251 e. The summed E-state index contributed by atoms with van der Waals surface area (Å²) in [6, 6.07) is 7.43. The van der Waals surface area contributed by atoms with Crippen molar-refractivity contribution >= 4 is 17.2 Å². The van der Waals surface area contributed by atoms with E-state index in [9.17, 15) is 9.90 Å². The fourth-order valence-electron chi connectivity index (χ4n) is 2.21. The third-order valence-corrected chi connectivity index (χ3v) is 4.46. The van der Waals surface area contributed by atoms with Gasteiger partial charge < -0.3 is 10.4 Å². The Bertz CT molecular complexity index is 656. The molecule has 0 bridgehead atoms. The quantitative estimate of drug-likeness (QED) is 0.849. The van der Waals surface area contributed by atoms with E-state index in [-0.39, 0.29) is 11.9 Å². The van der Waals surface area contributed by atoms with Crippen LogP contribution in [-0.2, 0) is 6.42 Å². The Balaban J connectivity index is 1.94. The summed E-state index contributed by atoms with van der Waals surface area (Å²) in [5.74, 6) is -0.0998. The predicted molar refractivity (Wildman–Crippen MR) is 93.8 cm³/mol. The maximum Gasteiger partial charge on any atom is 0.251 e. The van der Waals surface area contributed by atoms with Gasteiger partial charge in [-0.15, -0.1) is 11.3 Å². The van der Waals surface area contributed by atoms with Gasteiger partial charge in [-0.25, -0.2) is 4.98 Å². The van der Waals surface area contributed by atoms with Gasteiger partial charge in [-0.2, -0.15) is 0 Å². The molecule has 0 saturated heterocycles. The van der Waals surface area contributed by atoms with Gasteiger partial charge in [0, 0.05) is 10.9 Å². The molecule has 124 valence electrons. The van der Waals surface area contributed by atoms with Gasteiger partial charge in [-0.05, 0) is 58.2 Å². The average molecular weight is 332 g/mol. The molecule has 0 aliphatic carbocycles. The Labute approximate surface area is 141 Å². The number of carbonyl (C=O) groups is 1. The summed E-state index contributed by atoms with van der Waals surface area (Å²) < 4.78 is 0. The first-order chi connectivity index (χ1) is 10.7. The Morgan fingerprint density at radius 1 is 1.35 bits per heavy atom. The van der Waals surface area contributed by atoms with Crippen LogP contribution in [0.3, 0.4) is 0 Å². The normalized spacial score (nSPS) is 12.9. The first-order valence-corrected chi connectivity index (χ1v) is 8.67. The Morgan fingerprint density at radius 3 is 2.52 bits per heavy atom. The summed E-state index contributed by atoms with van der Waals surface area (Å²) >= 11 is 1.58. The molecule has 2 rings (SSSR count). The number of aromatic nitrogens is 1. The van der Waals surface area contributed by atoms with Crippen LogP contribution in [-0.4, -0.2) is 21.6 Å². The summed E-state index contributed by atoms with van der Waals surface area (Å²) in [6.07, 6.45) is 1.48. The second-order valence-electron chi connectivity index (χ2n) is 6.50. The lowest BCUT2D eigenvalue weighted by atomic mass is 9.98. The number of rotatable bonds is 6. The molecule has 2 N–H and O–H groups in total. The molecular weight excluding hydrogens is 308 g/mol. The van der Waals surface area contributed by atoms with Crippen LogP contribution >= 0.6 is 11.3 Å². The molecule has 0 fully saturated rings. The van der Waals surface area contributed by atoms with E-state index >= 15 is 0 Å². The van der Waals surface area contributed by atoms with Gasteiger partial charge in [0.15, 0.2) is 0 Å². The Morgan fingerprint density at radius 2 is 2.00 bits per heavy atom. The molecule has 1 aromatic carbocycles. The van der Waals surface area contributed by atoms with E-state index in [2.05, 4.69) is 10.3 Å². The van der Waals surface area contributed by atoms with Gasteiger partial charge >= 0.3 is 0 Å². The lowest BCUT2D eigenvalue weighted by Gasteiger charge is -2.16. The first kappa shape index (κ1) is 17.6. The molecule has 0 radical (unpaired) electrons. The molecule has 0 aliphatic heterocycles. The van der Waals surface area contributed by atoms with Crippen molar-refractivity contribution in [1.29, 1.82) is 0 Å². The number of amides is 1. The van der Waals surface area contributed by atoms with Crippen LogP contribution in [0.4, 0.5) is 0 Å². The zero-order valence-electron chi connectivity index (χ0n) is 14.1. The molecule has 1 unspecified atom stereocenters. The highest BCUT2D eigenvalue weighted by atomic mass is 32.1. The molecule has 1 heterocycles. The van der Waals surface area contributed by atoms with E-state index in [0.29, 0.717) is 12.0 Å². The van der Waals surface area contributed by atoms with Crippen molar-refractivity contribution in [2.75, 3.05) is 0 Å². The number of nitrogens with zero attached hydrogens (tertiary/aromatic N) is 1. The maximum absolute atomic E-state index is 12.3. The molecule has 23 heavy (non-hydrogen) atoms. The van der Waals surface area contributed by atoms with Crippen LogP contribution in [0.1, 0.15) is 59.9 Å². The van der Waals surface area contributed by atoms with E-state index in [4.69, 9.17) is 0 Å². The zero-order valence-corrected chi connectivity index (χ0v) is 14.9. The molecule has 1 aromatic heterocycles. The minimum Gasteiger partial charge on any atom is -0.390 e. The number of aryl methyl sites for hydroxylation is 2. The van der Waals surface area contributed by atoms with E-state index in [1.807, 2.05) is 43.5 Å². The summed E-state index contributed by atoms with van der Waals surface area (Å²) in [7, 11) is 0. The molecule has 1 atom stereocenters. The van der Waals surface area contributed by atoms with Crippen molar-refractivity contribution in [1.82, 2.24) is 10.3 Å². The molecule has 2 aromatic rings. The Hall–Kier alpha value is -1.72. The van der Waals surface area contributed by atoms with Gasteiger partial charge in [-0.1, -0.05) is 12.1 Å². The number of hydrogen-bond acceptors (Lipinski definition) is 4. The van der Waals surface area contributed by atoms with Crippen molar-refractivity contribution in [3.05, 3.63) is 51.5 Å². The third-order valence-electron chi connectivity index (χ3n) is 3.67. The molecule has 4 nitrogen and oxygen atoms in total. The monoisotopic (exact) mass is 332 g/mol. The molecule has 1 amide bonds. The summed E-state index contributed by atoms with van der Waals surface area (Å²) in [4.78, 5) is 16.7. The van der Waals surface area contributed by atoms with Crippen molar-refractivity contribution in [2.45, 2.75) is 52.2 Å². The van der Waals surface area contributed by atoms with E-state index < -0.39 is 5.60 Å². The van der Waals surface area contributed by atoms with E-state index in [1.54, 1.807) is 25.2 Å². The average Bonchev–Trinajstić information content (AvgIpc) is 2.91. The second kappa shape index (κ2) is 7.23. The molecule has 0 spiro atoms. The highest BCUT2D eigenvalue weighted by Gasteiger charge is 2.15. The van der Waals surface area contributed by atoms with Crippen molar-refractivity contribution in [3.8, 4) is 0 Å².